The van der Waals surface area contributed by atoms with Crippen LogP contribution in [0.1, 0.15) is 49.4 Å². The molecule has 1 N–H and O–H groups in total. The molecule has 5 rings (SSSR count). The van der Waals surface area contributed by atoms with E-state index >= 15 is 0 Å². The van der Waals surface area contributed by atoms with Gasteiger partial charge in [-0.1, -0.05) is 6.42 Å². The highest BCUT2D eigenvalue weighted by molar-refractivity contribution is 7.89. The van der Waals surface area contributed by atoms with Crippen molar-refractivity contribution >= 4 is 27.5 Å². The van der Waals surface area contributed by atoms with Crippen LogP contribution in [0.3, 0.4) is 0 Å². The van der Waals surface area contributed by atoms with Gasteiger partial charge in [0, 0.05) is 63.3 Å². The van der Waals surface area contributed by atoms with E-state index in [0.717, 1.165) is 25.7 Å². The molecular weight excluding hydrogens is 470 g/mol. The molecule has 0 atom stereocenters. The van der Waals surface area contributed by atoms with Gasteiger partial charge >= 0.3 is 0 Å². The van der Waals surface area contributed by atoms with Crippen molar-refractivity contribution in [2.24, 2.45) is 0 Å². The van der Waals surface area contributed by atoms with Crippen LogP contribution in [0.4, 0.5) is 5.69 Å². The van der Waals surface area contributed by atoms with Crippen molar-refractivity contribution in [2.45, 2.75) is 49.7 Å². The van der Waals surface area contributed by atoms with Gasteiger partial charge in [0.25, 0.3) is 11.7 Å². The predicted molar refractivity (Wildman–Crippen MR) is 129 cm³/mol. The summed E-state index contributed by atoms with van der Waals surface area (Å²) in [6.45, 7) is 2.70. The van der Waals surface area contributed by atoms with Gasteiger partial charge in [0.05, 0.1) is 4.90 Å². The highest BCUT2D eigenvalue weighted by Gasteiger charge is 2.42. The van der Waals surface area contributed by atoms with Crippen molar-refractivity contribution in [1.29, 1.82) is 0 Å². The van der Waals surface area contributed by atoms with E-state index < -0.39 is 15.8 Å². The highest BCUT2D eigenvalue weighted by atomic mass is 32.2. The Morgan fingerprint density at radius 1 is 0.886 bits per heavy atom. The van der Waals surface area contributed by atoms with Crippen LogP contribution in [0.15, 0.2) is 47.4 Å². The molecule has 9 nitrogen and oxygen atoms in total. The van der Waals surface area contributed by atoms with Crippen LogP contribution in [0.2, 0.25) is 0 Å². The fourth-order valence-electron chi connectivity index (χ4n) is 4.84. The van der Waals surface area contributed by atoms with Crippen LogP contribution in [-0.2, 0) is 14.8 Å². The van der Waals surface area contributed by atoms with Crippen LogP contribution < -0.4 is 14.8 Å². The number of piperazine rings is 1. The third-order valence-corrected chi connectivity index (χ3v) is 8.76. The zero-order valence-electron chi connectivity index (χ0n) is 19.7. The SMILES string of the molecule is CC(=O)N1CCN(S(=O)(=O)c2ccc(C(=O)Nc3ccc4c(c3)OC3(CCCCC3)O4)cc2)CC1. The maximum Gasteiger partial charge on any atom is 0.255 e. The summed E-state index contributed by atoms with van der Waals surface area (Å²) in [5.74, 6) is 0.312. The molecule has 2 aromatic rings. The number of benzene rings is 2. The minimum absolute atomic E-state index is 0.0617. The second-order valence-corrected chi connectivity index (χ2v) is 11.2. The van der Waals surface area contributed by atoms with Crippen LogP contribution >= 0.6 is 0 Å². The summed E-state index contributed by atoms with van der Waals surface area (Å²) >= 11 is 0. The largest absolute Gasteiger partial charge is 0.448 e. The third kappa shape index (κ3) is 4.72. The molecule has 1 aliphatic carbocycles. The quantitative estimate of drug-likeness (QED) is 0.693. The van der Waals surface area contributed by atoms with Gasteiger partial charge < -0.3 is 19.7 Å². The first-order chi connectivity index (χ1) is 16.8. The van der Waals surface area contributed by atoms with E-state index in [2.05, 4.69) is 5.32 Å². The van der Waals surface area contributed by atoms with Crippen LogP contribution in [-0.4, -0.2) is 61.4 Å². The molecule has 1 saturated carbocycles. The van der Waals surface area contributed by atoms with Gasteiger partial charge in [0.15, 0.2) is 11.5 Å². The molecule has 35 heavy (non-hydrogen) atoms. The number of carbonyl (C=O) groups excluding carboxylic acids is 2. The maximum absolute atomic E-state index is 13.0. The van der Waals surface area contributed by atoms with Gasteiger partial charge in [-0.2, -0.15) is 4.31 Å². The van der Waals surface area contributed by atoms with Crippen LogP contribution in [0, 0.1) is 0 Å². The zero-order valence-corrected chi connectivity index (χ0v) is 20.5. The molecule has 2 aliphatic heterocycles. The Morgan fingerprint density at radius 3 is 2.20 bits per heavy atom. The Labute approximate surface area is 205 Å². The lowest BCUT2D eigenvalue weighted by Crippen LogP contribution is -2.49. The fourth-order valence-corrected chi connectivity index (χ4v) is 6.26. The molecule has 1 saturated heterocycles. The Kier molecular flexibility index (Phi) is 6.18. The Hall–Kier alpha value is -3.11. The maximum atomic E-state index is 13.0. The molecule has 0 aromatic heterocycles. The minimum atomic E-state index is -3.70. The van der Waals surface area contributed by atoms with E-state index in [1.807, 2.05) is 0 Å². The lowest BCUT2D eigenvalue weighted by Gasteiger charge is -2.33. The molecule has 0 radical (unpaired) electrons. The fraction of sp³-hybridized carbons (Fsp3) is 0.440. The van der Waals surface area contributed by atoms with Crippen LogP contribution in [0.5, 0.6) is 11.5 Å². The minimum Gasteiger partial charge on any atom is -0.448 e. The Morgan fingerprint density at radius 2 is 1.54 bits per heavy atom. The number of rotatable bonds is 4. The molecule has 3 aliphatic rings. The van der Waals surface area contributed by atoms with Crippen molar-refractivity contribution in [3.8, 4) is 11.5 Å². The molecule has 2 heterocycles. The number of carbonyl (C=O) groups is 2. The summed E-state index contributed by atoms with van der Waals surface area (Å²) in [4.78, 5) is 26.0. The van der Waals surface area contributed by atoms with Gasteiger partial charge in [-0.25, -0.2) is 8.42 Å². The molecule has 0 bridgehead atoms. The van der Waals surface area contributed by atoms with Gasteiger partial charge in [-0.05, 0) is 49.2 Å². The molecular formula is C25H29N3O6S. The number of hydrogen-bond acceptors (Lipinski definition) is 6. The molecule has 2 aromatic carbocycles. The standard InChI is InChI=1S/C25H29N3O6S/c1-18(29)27-13-15-28(16-14-27)35(31,32)21-8-5-19(6-9-21)24(30)26-20-7-10-22-23(17-20)34-25(33-22)11-3-2-4-12-25/h5-10,17H,2-4,11-16H2,1H3,(H,26,30). The molecule has 0 unspecified atom stereocenters. The zero-order chi connectivity index (χ0) is 24.6. The molecule has 186 valence electrons. The molecule has 10 heteroatoms. The summed E-state index contributed by atoms with van der Waals surface area (Å²) < 4.78 is 39.5. The van der Waals surface area contributed by atoms with E-state index in [9.17, 15) is 18.0 Å². The Balaban J connectivity index is 1.23. The number of fused-ring (bicyclic) bond motifs is 1. The number of amides is 2. The number of ether oxygens (including phenoxy) is 2. The number of anilines is 1. The summed E-state index contributed by atoms with van der Waals surface area (Å²) in [6, 6.07) is 11.2. The van der Waals surface area contributed by atoms with E-state index in [0.29, 0.717) is 35.8 Å². The van der Waals surface area contributed by atoms with Crippen molar-refractivity contribution < 1.29 is 27.5 Å². The topological polar surface area (TPSA) is 105 Å². The Bertz CT molecular complexity index is 1230. The van der Waals surface area contributed by atoms with Crippen LogP contribution in [0.25, 0.3) is 0 Å². The van der Waals surface area contributed by atoms with E-state index in [1.165, 1.54) is 41.9 Å². The number of nitrogens with zero attached hydrogens (tertiary/aromatic N) is 2. The monoisotopic (exact) mass is 499 g/mol. The van der Waals surface area contributed by atoms with Crippen molar-refractivity contribution in [3.05, 3.63) is 48.0 Å². The molecule has 2 amide bonds. The van der Waals surface area contributed by atoms with Gasteiger partial charge in [0.2, 0.25) is 15.9 Å². The first-order valence-electron chi connectivity index (χ1n) is 11.9. The summed E-state index contributed by atoms with van der Waals surface area (Å²) in [6.07, 6.45) is 5.02. The number of hydrogen-bond donors (Lipinski definition) is 1. The number of nitrogens with one attached hydrogen (secondary N) is 1. The smallest absolute Gasteiger partial charge is 0.255 e. The normalized spacial score (nSPS) is 19.5. The van der Waals surface area contributed by atoms with E-state index in [1.54, 1.807) is 23.1 Å². The summed E-state index contributed by atoms with van der Waals surface area (Å²) in [5, 5.41) is 2.84. The highest BCUT2D eigenvalue weighted by Crippen LogP contribution is 2.46. The van der Waals surface area contributed by atoms with Gasteiger partial charge in [-0.3, -0.25) is 9.59 Å². The van der Waals surface area contributed by atoms with Gasteiger partial charge in [-0.15, -0.1) is 0 Å². The first-order valence-corrected chi connectivity index (χ1v) is 13.4. The van der Waals surface area contributed by atoms with Crippen molar-refractivity contribution in [2.75, 3.05) is 31.5 Å². The van der Waals surface area contributed by atoms with Gasteiger partial charge in [0.1, 0.15) is 0 Å². The second-order valence-electron chi connectivity index (χ2n) is 9.23. The average molecular weight is 500 g/mol. The van der Waals surface area contributed by atoms with E-state index in [4.69, 9.17) is 9.47 Å². The predicted octanol–water partition coefficient (Wildman–Crippen LogP) is 3.22. The lowest BCUT2D eigenvalue weighted by molar-refractivity contribution is -0.129. The summed E-state index contributed by atoms with van der Waals surface area (Å²) in [5.41, 5.74) is 0.914. The van der Waals surface area contributed by atoms with Crippen molar-refractivity contribution in [1.82, 2.24) is 9.21 Å². The second kappa shape index (κ2) is 9.16. The van der Waals surface area contributed by atoms with Crippen molar-refractivity contribution in [3.63, 3.8) is 0 Å². The summed E-state index contributed by atoms with van der Waals surface area (Å²) in [7, 11) is -3.70. The lowest BCUT2D eigenvalue weighted by atomic mass is 9.94. The number of sulfonamides is 1. The molecule has 1 spiro atoms. The first kappa shape index (κ1) is 23.6. The molecule has 2 fully saturated rings. The average Bonchev–Trinajstić information content (AvgIpc) is 3.21. The van der Waals surface area contributed by atoms with E-state index in [-0.39, 0.29) is 29.8 Å². The third-order valence-electron chi connectivity index (χ3n) is 6.85.